The Hall–Kier alpha value is -1.88. The molecule has 0 saturated carbocycles. The lowest BCUT2D eigenvalue weighted by molar-refractivity contribution is 0.581. The molecule has 0 spiro atoms. The van der Waals surface area contributed by atoms with Crippen molar-refractivity contribution in [2.75, 3.05) is 5.73 Å². The van der Waals surface area contributed by atoms with Gasteiger partial charge in [-0.25, -0.2) is 13.1 Å². The van der Waals surface area contributed by atoms with Crippen molar-refractivity contribution < 1.29 is 8.42 Å². The Bertz CT molecular complexity index is 813. The molecule has 0 atom stereocenters. The van der Waals surface area contributed by atoms with Gasteiger partial charge in [-0.1, -0.05) is 28.1 Å². The van der Waals surface area contributed by atoms with Crippen LogP contribution in [0.25, 0.3) is 0 Å². The first-order valence-corrected chi connectivity index (χ1v) is 8.24. The fraction of sp³-hybridized carbons (Fsp3) is 0.0714. The highest BCUT2D eigenvalue weighted by molar-refractivity contribution is 9.10. The Morgan fingerprint density at radius 2 is 2.00 bits per heavy atom. The Kier molecular flexibility index (Phi) is 4.63. The summed E-state index contributed by atoms with van der Waals surface area (Å²) in [4.78, 5) is -0.0310. The molecule has 2 aromatic rings. The van der Waals surface area contributed by atoms with E-state index in [1.54, 1.807) is 0 Å². The Labute approximate surface area is 131 Å². The number of halogens is 1. The molecule has 2 rings (SSSR count). The molecule has 0 fully saturated rings. The van der Waals surface area contributed by atoms with E-state index in [9.17, 15) is 8.42 Å². The van der Waals surface area contributed by atoms with E-state index >= 15 is 0 Å². The van der Waals surface area contributed by atoms with E-state index < -0.39 is 10.0 Å². The zero-order valence-electron chi connectivity index (χ0n) is 10.9. The Morgan fingerprint density at radius 3 is 2.62 bits per heavy atom. The lowest BCUT2D eigenvalue weighted by atomic mass is 10.2. The summed E-state index contributed by atoms with van der Waals surface area (Å²) < 4.78 is 27.8. The molecule has 0 radical (unpaired) electrons. The van der Waals surface area contributed by atoms with Gasteiger partial charge in [0, 0.05) is 11.0 Å². The van der Waals surface area contributed by atoms with Gasteiger partial charge in [0.25, 0.3) is 0 Å². The summed E-state index contributed by atoms with van der Waals surface area (Å²) in [5.74, 6) is 0. The molecule has 0 aliphatic carbocycles. The molecular formula is C14H12BrN3O2S. The summed E-state index contributed by atoms with van der Waals surface area (Å²) >= 11 is 3.33. The van der Waals surface area contributed by atoms with Gasteiger partial charge in [0.15, 0.2) is 0 Å². The number of sulfonamides is 1. The summed E-state index contributed by atoms with van der Waals surface area (Å²) in [6.45, 7) is 0.154. The average Bonchev–Trinajstić information content (AvgIpc) is 2.45. The minimum atomic E-state index is -3.73. The molecule has 5 nitrogen and oxygen atoms in total. The van der Waals surface area contributed by atoms with Crippen molar-refractivity contribution in [3.8, 4) is 6.07 Å². The molecule has 0 amide bonds. The van der Waals surface area contributed by atoms with Gasteiger partial charge >= 0.3 is 0 Å². The van der Waals surface area contributed by atoms with E-state index in [1.807, 2.05) is 30.3 Å². The molecule has 3 N–H and O–H groups in total. The van der Waals surface area contributed by atoms with Gasteiger partial charge in [-0.3, -0.25) is 0 Å². The predicted octanol–water partition coefficient (Wildman–Crippen LogP) is 2.38. The van der Waals surface area contributed by atoms with Crippen molar-refractivity contribution in [1.29, 1.82) is 5.26 Å². The summed E-state index contributed by atoms with van der Waals surface area (Å²) in [5, 5.41) is 8.76. The van der Waals surface area contributed by atoms with Gasteiger partial charge in [0.1, 0.15) is 4.90 Å². The highest BCUT2D eigenvalue weighted by atomic mass is 79.9. The molecule has 2 aromatic carbocycles. The monoisotopic (exact) mass is 365 g/mol. The van der Waals surface area contributed by atoms with Crippen molar-refractivity contribution in [2.45, 2.75) is 11.4 Å². The molecule has 0 aliphatic rings. The van der Waals surface area contributed by atoms with Gasteiger partial charge < -0.3 is 5.73 Å². The molecule has 21 heavy (non-hydrogen) atoms. The SMILES string of the molecule is N#Cc1ccc(S(=O)(=O)NCc2cccc(Br)c2)c(N)c1. The van der Waals surface area contributed by atoms with E-state index in [4.69, 9.17) is 11.0 Å². The van der Waals surface area contributed by atoms with Gasteiger partial charge in [-0.2, -0.15) is 5.26 Å². The average molecular weight is 366 g/mol. The van der Waals surface area contributed by atoms with Crippen LogP contribution in [0.15, 0.2) is 51.8 Å². The second-order valence-electron chi connectivity index (χ2n) is 4.32. The van der Waals surface area contributed by atoms with E-state index in [2.05, 4.69) is 20.7 Å². The number of hydrogen-bond acceptors (Lipinski definition) is 4. The number of hydrogen-bond donors (Lipinski definition) is 2. The second kappa shape index (κ2) is 6.26. The maximum atomic E-state index is 12.2. The number of nitrogen functional groups attached to an aromatic ring is 1. The van der Waals surface area contributed by atoms with Crippen LogP contribution < -0.4 is 10.5 Å². The normalized spacial score (nSPS) is 11.0. The van der Waals surface area contributed by atoms with E-state index in [-0.39, 0.29) is 17.1 Å². The number of anilines is 1. The fourth-order valence-electron chi connectivity index (χ4n) is 1.77. The van der Waals surface area contributed by atoms with Crippen LogP contribution in [0.1, 0.15) is 11.1 Å². The predicted molar refractivity (Wildman–Crippen MR) is 83.7 cm³/mol. The van der Waals surface area contributed by atoms with Crippen LogP contribution in [0.5, 0.6) is 0 Å². The van der Waals surface area contributed by atoms with Crippen LogP contribution in [0.3, 0.4) is 0 Å². The molecule has 0 unspecified atom stereocenters. The molecule has 0 saturated heterocycles. The van der Waals surface area contributed by atoms with Crippen molar-refractivity contribution in [1.82, 2.24) is 4.72 Å². The third kappa shape index (κ3) is 3.82. The van der Waals surface area contributed by atoms with Gasteiger partial charge in [-0.15, -0.1) is 0 Å². The number of benzene rings is 2. The molecule has 7 heteroatoms. The van der Waals surface area contributed by atoms with Crippen LogP contribution in [0.4, 0.5) is 5.69 Å². The van der Waals surface area contributed by atoms with Crippen molar-refractivity contribution in [3.63, 3.8) is 0 Å². The topological polar surface area (TPSA) is 96.0 Å². The van der Waals surface area contributed by atoms with Gasteiger partial charge in [0.2, 0.25) is 10.0 Å². The summed E-state index contributed by atoms with van der Waals surface area (Å²) in [6, 6.07) is 13.3. The number of nitriles is 1. The first-order chi connectivity index (χ1) is 9.92. The molecule has 0 aliphatic heterocycles. The standard InChI is InChI=1S/C14H12BrN3O2S/c15-12-3-1-2-11(6-12)9-18-21(19,20)14-5-4-10(8-16)7-13(14)17/h1-7,18H,9,17H2. The van der Waals surface area contributed by atoms with Crippen LogP contribution >= 0.6 is 15.9 Å². The van der Waals surface area contributed by atoms with Crippen molar-refractivity contribution in [2.24, 2.45) is 0 Å². The number of nitrogens with zero attached hydrogens (tertiary/aromatic N) is 1. The zero-order chi connectivity index (χ0) is 15.5. The maximum Gasteiger partial charge on any atom is 0.242 e. The highest BCUT2D eigenvalue weighted by Crippen LogP contribution is 2.20. The summed E-state index contributed by atoms with van der Waals surface area (Å²) in [6.07, 6.45) is 0. The molecule has 0 bridgehead atoms. The van der Waals surface area contributed by atoms with Crippen LogP contribution in [0.2, 0.25) is 0 Å². The van der Waals surface area contributed by atoms with Gasteiger partial charge in [-0.05, 0) is 35.9 Å². The Morgan fingerprint density at radius 1 is 1.24 bits per heavy atom. The van der Waals surface area contributed by atoms with Crippen molar-refractivity contribution >= 4 is 31.6 Å². The lowest BCUT2D eigenvalue weighted by Crippen LogP contribution is -2.24. The first kappa shape index (κ1) is 15.5. The van der Waals surface area contributed by atoms with E-state index in [0.29, 0.717) is 5.56 Å². The van der Waals surface area contributed by atoms with E-state index in [0.717, 1.165) is 10.0 Å². The minimum absolute atomic E-state index is 0.0310. The van der Waals surface area contributed by atoms with Crippen molar-refractivity contribution in [3.05, 3.63) is 58.1 Å². The first-order valence-electron chi connectivity index (χ1n) is 5.96. The number of rotatable bonds is 4. The largest absolute Gasteiger partial charge is 0.398 e. The van der Waals surface area contributed by atoms with Gasteiger partial charge in [0.05, 0.1) is 17.3 Å². The second-order valence-corrected chi connectivity index (χ2v) is 6.97. The third-order valence-corrected chi connectivity index (χ3v) is 4.75. The summed E-state index contributed by atoms with van der Waals surface area (Å²) in [5.41, 5.74) is 6.89. The van der Waals surface area contributed by atoms with E-state index in [1.165, 1.54) is 18.2 Å². The summed E-state index contributed by atoms with van der Waals surface area (Å²) in [7, 11) is -3.73. The highest BCUT2D eigenvalue weighted by Gasteiger charge is 2.17. The number of nitrogens with two attached hydrogens (primary N) is 1. The molecular weight excluding hydrogens is 354 g/mol. The Balaban J connectivity index is 2.21. The minimum Gasteiger partial charge on any atom is -0.398 e. The molecule has 0 heterocycles. The van der Waals surface area contributed by atoms with Crippen LogP contribution in [-0.4, -0.2) is 8.42 Å². The van der Waals surface area contributed by atoms with Crippen LogP contribution in [0, 0.1) is 11.3 Å². The zero-order valence-corrected chi connectivity index (χ0v) is 13.3. The lowest BCUT2D eigenvalue weighted by Gasteiger charge is -2.09. The molecule has 108 valence electrons. The fourth-order valence-corrected chi connectivity index (χ4v) is 3.34. The smallest absolute Gasteiger partial charge is 0.242 e. The number of nitrogens with one attached hydrogen (secondary N) is 1. The maximum absolute atomic E-state index is 12.2. The quantitative estimate of drug-likeness (QED) is 0.812. The third-order valence-electron chi connectivity index (χ3n) is 2.78. The van der Waals surface area contributed by atoms with Crippen LogP contribution in [-0.2, 0) is 16.6 Å². The molecule has 0 aromatic heterocycles.